The van der Waals surface area contributed by atoms with Crippen LogP contribution in [0.4, 0.5) is 4.39 Å². The molecule has 2 aromatic rings. The molecule has 0 fully saturated rings. The summed E-state index contributed by atoms with van der Waals surface area (Å²) < 4.78 is 14.2. The van der Waals surface area contributed by atoms with Gasteiger partial charge in [0.15, 0.2) is 0 Å². The molecule has 130 valence electrons. The van der Waals surface area contributed by atoms with Crippen LogP contribution in [0, 0.1) is 23.1 Å². The van der Waals surface area contributed by atoms with Gasteiger partial charge in [-0.15, -0.1) is 0 Å². The lowest BCUT2D eigenvalue weighted by Crippen LogP contribution is -2.17. The first-order valence-electron chi connectivity index (χ1n) is 9.49. The highest BCUT2D eigenvalue weighted by molar-refractivity contribution is 5.41. The van der Waals surface area contributed by atoms with Gasteiger partial charge in [-0.25, -0.2) is 4.39 Å². The van der Waals surface area contributed by atoms with E-state index in [-0.39, 0.29) is 11.4 Å². The fraction of sp³-hybridized carbons (Fsp3) is 0.435. The van der Waals surface area contributed by atoms with Crippen LogP contribution in [0.3, 0.4) is 0 Å². The predicted octanol–water partition coefficient (Wildman–Crippen LogP) is 5.78. The summed E-state index contributed by atoms with van der Waals surface area (Å²) in [5.74, 6) is 0.320. The molecule has 1 unspecified atom stereocenters. The highest BCUT2D eigenvalue weighted by Crippen LogP contribution is 2.31. The third-order valence-corrected chi connectivity index (χ3v) is 5.46. The SMILES string of the molecule is CCCCc1ccc(CCC2CCc3c(ccc(C#N)c3F)C2)cc1. The zero-order valence-corrected chi connectivity index (χ0v) is 15.0. The van der Waals surface area contributed by atoms with E-state index in [4.69, 9.17) is 5.26 Å². The van der Waals surface area contributed by atoms with Crippen molar-refractivity contribution in [2.45, 2.75) is 58.3 Å². The van der Waals surface area contributed by atoms with E-state index in [0.717, 1.165) is 43.2 Å². The topological polar surface area (TPSA) is 23.8 Å². The molecule has 1 atom stereocenters. The van der Waals surface area contributed by atoms with Gasteiger partial charge < -0.3 is 0 Å². The van der Waals surface area contributed by atoms with E-state index >= 15 is 0 Å². The van der Waals surface area contributed by atoms with Crippen LogP contribution in [0.25, 0.3) is 0 Å². The predicted molar refractivity (Wildman–Crippen MR) is 100 cm³/mol. The monoisotopic (exact) mass is 335 g/mol. The number of nitriles is 1. The van der Waals surface area contributed by atoms with Crippen molar-refractivity contribution in [1.82, 2.24) is 0 Å². The number of rotatable bonds is 6. The van der Waals surface area contributed by atoms with Crippen molar-refractivity contribution in [3.8, 4) is 6.07 Å². The second-order valence-electron chi connectivity index (χ2n) is 7.24. The molecule has 0 aromatic heterocycles. The normalized spacial score (nSPS) is 16.3. The number of hydrogen-bond acceptors (Lipinski definition) is 1. The fourth-order valence-electron chi connectivity index (χ4n) is 3.84. The molecule has 0 N–H and O–H groups in total. The standard InChI is InChI=1S/C23H26FN/c1-2-3-4-17-5-7-18(8-6-17)9-10-19-11-14-22-20(15-19)12-13-21(16-25)23(22)24/h5-8,12-13,19H,2-4,9-11,14-15H2,1H3. The minimum absolute atomic E-state index is 0.181. The van der Waals surface area contributed by atoms with Crippen LogP contribution < -0.4 is 0 Å². The lowest BCUT2D eigenvalue weighted by atomic mass is 9.80. The van der Waals surface area contributed by atoms with Crippen molar-refractivity contribution in [1.29, 1.82) is 5.26 Å². The van der Waals surface area contributed by atoms with E-state index in [0.29, 0.717) is 5.92 Å². The van der Waals surface area contributed by atoms with Crippen LogP contribution in [-0.4, -0.2) is 0 Å². The number of hydrogen-bond donors (Lipinski definition) is 0. The van der Waals surface area contributed by atoms with Crippen molar-refractivity contribution in [2.75, 3.05) is 0 Å². The Hall–Kier alpha value is -2.14. The van der Waals surface area contributed by atoms with E-state index < -0.39 is 0 Å². The van der Waals surface area contributed by atoms with E-state index in [1.807, 2.05) is 12.1 Å². The Labute approximate surface area is 150 Å². The number of aryl methyl sites for hydroxylation is 2. The third kappa shape index (κ3) is 4.28. The van der Waals surface area contributed by atoms with Crippen LogP contribution >= 0.6 is 0 Å². The van der Waals surface area contributed by atoms with E-state index in [9.17, 15) is 4.39 Å². The molecular weight excluding hydrogens is 309 g/mol. The minimum Gasteiger partial charge on any atom is -0.205 e. The zero-order valence-electron chi connectivity index (χ0n) is 15.0. The Morgan fingerprint density at radius 2 is 1.80 bits per heavy atom. The molecule has 1 aliphatic rings. The molecule has 0 saturated carbocycles. The molecule has 3 rings (SSSR count). The molecule has 0 aliphatic heterocycles. The summed E-state index contributed by atoms with van der Waals surface area (Å²) in [6.45, 7) is 2.23. The quantitative estimate of drug-likeness (QED) is 0.656. The molecule has 0 saturated heterocycles. The van der Waals surface area contributed by atoms with E-state index in [2.05, 4.69) is 31.2 Å². The van der Waals surface area contributed by atoms with Crippen LogP contribution in [0.5, 0.6) is 0 Å². The van der Waals surface area contributed by atoms with Gasteiger partial charge >= 0.3 is 0 Å². The van der Waals surface area contributed by atoms with Gasteiger partial charge in [0.05, 0.1) is 5.56 Å². The summed E-state index contributed by atoms with van der Waals surface area (Å²) in [5.41, 5.74) is 4.89. The summed E-state index contributed by atoms with van der Waals surface area (Å²) >= 11 is 0. The molecule has 2 heteroatoms. The second kappa shape index (κ2) is 8.30. The largest absolute Gasteiger partial charge is 0.205 e. The lowest BCUT2D eigenvalue weighted by molar-refractivity contribution is 0.418. The molecule has 0 heterocycles. The Kier molecular flexibility index (Phi) is 5.87. The van der Waals surface area contributed by atoms with E-state index in [1.54, 1.807) is 6.07 Å². The van der Waals surface area contributed by atoms with Crippen LogP contribution in [-0.2, 0) is 25.7 Å². The molecule has 1 nitrogen and oxygen atoms in total. The molecular formula is C23H26FN. The third-order valence-electron chi connectivity index (χ3n) is 5.46. The Bertz CT molecular complexity index is 755. The Morgan fingerprint density at radius 1 is 1.08 bits per heavy atom. The smallest absolute Gasteiger partial charge is 0.144 e. The van der Waals surface area contributed by atoms with Gasteiger partial charge in [0.25, 0.3) is 0 Å². The molecule has 2 aromatic carbocycles. The number of benzene rings is 2. The minimum atomic E-state index is -0.291. The fourth-order valence-corrected chi connectivity index (χ4v) is 3.84. The average Bonchev–Trinajstić information content (AvgIpc) is 2.66. The summed E-state index contributed by atoms with van der Waals surface area (Å²) in [7, 11) is 0. The average molecular weight is 335 g/mol. The van der Waals surface area contributed by atoms with Gasteiger partial charge in [0, 0.05) is 0 Å². The molecule has 0 bridgehead atoms. The van der Waals surface area contributed by atoms with Crippen molar-refractivity contribution in [3.63, 3.8) is 0 Å². The maximum absolute atomic E-state index is 14.2. The summed E-state index contributed by atoms with van der Waals surface area (Å²) in [4.78, 5) is 0. The molecule has 0 amide bonds. The van der Waals surface area contributed by atoms with Crippen LogP contribution in [0.1, 0.15) is 60.4 Å². The zero-order chi connectivity index (χ0) is 17.6. The highest BCUT2D eigenvalue weighted by atomic mass is 19.1. The van der Waals surface area contributed by atoms with Crippen molar-refractivity contribution >= 4 is 0 Å². The second-order valence-corrected chi connectivity index (χ2v) is 7.24. The first-order valence-corrected chi connectivity index (χ1v) is 9.49. The van der Waals surface area contributed by atoms with Gasteiger partial charge in [-0.1, -0.05) is 43.7 Å². The molecule has 25 heavy (non-hydrogen) atoms. The Balaban J connectivity index is 1.57. The van der Waals surface area contributed by atoms with Gasteiger partial charge in [0.1, 0.15) is 11.9 Å². The maximum atomic E-state index is 14.2. The summed E-state index contributed by atoms with van der Waals surface area (Å²) in [6.07, 6.45) is 8.62. The number of fused-ring (bicyclic) bond motifs is 1. The number of nitrogens with zero attached hydrogens (tertiary/aromatic N) is 1. The lowest BCUT2D eigenvalue weighted by Gasteiger charge is -2.25. The first-order chi connectivity index (χ1) is 12.2. The number of unbranched alkanes of at least 4 members (excludes halogenated alkanes) is 1. The highest BCUT2D eigenvalue weighted by Gasteiger charge is 2.22. The Morgan fingerprint density at radius 3 is 2.48 bits per heavy atom. The summed E-state index contributed by atoms with van der Waals surface area (Å²) in [5, 5.41) is 8.96. The molecule has 0 spiro atoms. The van der Waals surface area contributed by atoms with Crippen molar-refractivity contribution < 1.29 is 4.39 Å². The van der Waals surface area contributed by atoms with E-state index in [1.165, 1.54) is 30.4 Å². The van der Waals surface area contributed by atoms with Crippen LogP contribution in [0.2, 0.25) is 0 Å². The maximum Gasteiger partial charge on any atom is 0.144 e. The van der Waals surface area contributed by atoms with Crippen LogP contribution in [0.15, 0.2) is 36.4 Å². The summed E-state index contributed by atoms with van der Waals surface area (Å²) in [6, 6.07) is 14.6. The van der Waals surface area contributed by atoms with Gasteiger partial charge in [-0.3, -0.25) is 0 Å². The number of halogens is 1. The van der Waals surface area contributed by atoms with Gasteiger partial charge in [-0.05, 0) is 79.2 Å². The van der Waals surface area contributed by atoms with Gasteiger partial charge in [0.2, 0.25) is 0 Å². The molecule has 1 aliphatic carbocycles. The van der Waals surface area contributed by atoms with Crippen molar-refractivity contribution in [3.05, 3.63) is 70.0 Å². The first kappa shape index (κ1) is 17.7. The molecule has 0 radical (unpaired) electrons. The van der Waals surface area contributed by atoms with Gasteiger partial charge in [-0.2, -0.15) is 5.26 Å². The van der Waals surface area contributed by atoms with Crippen molar-refractivity contribution in [2.24, 2.45) is 5.92 Å².